The van der Waals surface area contributed by atoms with Crippen LogP contribution in [0.4, 0.5) is 8.78 Å². The normalized spacial score (nSPS) is 16.3. The van der Waals surface area contributed by atoms with Crippen LogP contribution in [0, 0.1) is 11.6 Å². The number of ether oxygens (including phenoxy) is 1. The highest BCUT2D eigenvalue weighted by molar-refractivity contribution is 5.28. The summed E-state index contributed by atoms with van der Waals surface area (Å²) < 4.78 is 32.2. The maximum atomic E-state index is 13.8. The van der Waals surface area contributed by atoms with E-state index in [2.05, 4.69) is 5.32 Å². The predicted molar refractivity (Wildman–Crippen MR) is 66.0 cm³/mol. The molecule has 0 aromatic heterocycles. The molecule has 0 saturated carbocycles. The largest absolute Gasteiger partial charge is 0.496 e. The molecule has 1 heterocycles. The Balaban J connectivity index is 2.26. The van der Waals surface area contributed by atoms with Crippen molar-refractivity contribution in [2.24, 2.45) is 0 Å². The molecule has 2 nitrogen and oxygen atoms in total. The van der Waals surface area contributed by atoms with Crippen LogP contribution in [0.3, 0.4) is 0 Å². The second-order valence-electron chi connectivity index (χ2n) is 4.30. The third-order valence-electron chi connectivity index (χ3n) is 2.89. The van der Waals surface area contributed by atoms with Crippen LogP contribution in [0.15, 0.2) is 30.0 Å². The summed E-state index contributed by atoms with van der Waals surface area (Å²) in [5.74, 6) is -0.374. The minimum atomic E-state index is -0.563. The Hall–Kier alpha value is -1.42. The van der Waals surface area contributed by atoms with Gasteiger partial charge in [0.15, 0.2) is 0 Å². The fourth-order valence-electron chi connectivity index (χ4n) is 2.03. The van der Waals surface area contributed by atoms with E-state index in [-0.39, 0.29) is 6.04 Å². The zero-order valence-electron chi connectivity index (χ0n) is 10.4. The lowest BCUT2D eigenvalue weighted by Crippen LogP contribution is -2.25. The fraction of sp³-hybridized carbons (Fsp3) is 0.429. The molecule has 0 fully saturated rings. The average Bonchev–Trinajstić information content (AvgIpc) is 2.85. The van der Waals surface area contributed by atoms with Crippen LogP contribution < -0.4 is 5.32 Å². The molecule has 1 aliphatic rings. The maximum Gasteiger partial charge on any atom is 0.131 e. The van der Waals surface area contributed by atoms with Crippen molar-refractivity contribution >= 4 is 0 Å². The van der Waals surface area contributed by atoms with E-state index in [0.29, 0.717) is 12.2 Å². The Morgan fingerprint density at radius 3 is 2.83 bits per heavy atom. The third kappa shape index (κ3) is 2.88. The number of nitrogens with one attached hydrogen (secondary N) is 1. The van der Waals surface area contributed by atoms with E-state index in [1.165, 1.54) is 12.1 Å². The van der Waals surface area contributed by atoms with Gasteiger partial charge in [-0.05, 0) is 25.1 Å². The van der Waals surface area contributed by atoms with Gasteiger partial charge >= 0.3 is 0 Å². The Bertz CT molecular complexity index is 445. The molecule has 0 radical (unpaired) electrons. The number of hydrogen-bond acceptors (Lipinski definition) is 2. The summed E-state index contributed by atoms with van der Waals surface area (Å²) in [5.41, 5.74) is 0.429. The minimum Gasteiger partial charge on any atom is -0.496 e. The molecular formula is C14H17F2NO. The van der Waals surface area contributed by atoms with Crippen molar-refractivity contribution in [3.8, 4) is 0 Å². The van der Waals surface area contributed by atoms with Crippen LogP contribution in [0.5, 0.6) is 0 Å². The molecule has 1 aromatic rings. The van der Waals surface area contributed by atoms with Crippen LogP contribution in [0.2, 0.25) is 0 Å². The smallest absolute Gasteiger partial charge is 0.131 e. The lowest BCUT2D eigenvalue weighted by Gasteiger charge is -2.20. The average molecular weight is 253 g/mol. The van der Waals surface area contributed by atoms with E-state index < -0.39 is 11.6 Å². The van der Waals surface area contributed by atoms with E-state index >= 15 is 0 Å². The van der Waals surface area contributed by atoms with Crippen LogP contribution in [-0.4, -0.2) is 13.2 Å². The molecule has 18 heavy (non-hydrogen) atoms. The van der Waals surface area contributed by atoms with Gasteiger partial charge in [-0.15, -0.1) is 0 Å². The molecule has 1 unspecified atom stereocenters. The van der Waals surface area contributed by atoms with E-state index in [1.54, 1.807) is 0 Å². The van der Waals surface area contributed by atoms with Gasteiger partial charge in [0.2, 0.25) is 0 Å². The molecule has 0 bridgehead atoms. The quantitative estimate of drug-likeness (QED) is 0.869. The van der Waals surface area contributed by atoms with Crippen molar-refractivity contribution in [1.82, 2.24) is 5.32 Å². The highest BCUT2D eigenvalue weighted by Gasteiger charge is 2.23. The molecular weight excluding hydrogens is 236 g/mol. The molecule has 0 aliphatic carbocycles. The summed E-state index contributed by atoms with van der Waals surface area (Å²) >= 11 is 0. The van der Waals surface area contributed by atoms with Crippen molar-refractivity contribution in [2.45, 2.75) is 25.8 Å². The summed E-state index contributed by atoms with van der Waals surface area (Å²) in [6.45, 7) is 3.42. The zero-order chi connectivity index (χ0) is 13.0. The van der Waals surface area contributed by atoms with Gasteiger partial charge in [-0.1, -0.05) is 13.0 Å². The van der Waals surface area contributed by atoms with Crippen LogP contribution in [-0.2, 0) is 4.74 Å². The molecule has 0 spiro atoms. The fourth-order valence-corrected chi connectivity index (χ4v) is 2.03. The van der Waals surface area contributed by atoms with E-state index in [4.69, 9.17) is 4.74 Å². The first-order valence-electron chi connectivity index (χ1n) is 6.23. The van der Waals surface area contributed by atoms with Crippen LogP contribution in [0.1, 0.15) is 31.4 Å². The van der Waals surface area contributed by atoms with Crippen molar-refractivity contribution in [3.63, 3.8) is 0 Å². The second-order valence-corrected chi connectivity index (χ2v) is 4.30. The standard InChI is InChI=1S/C14H17F2NO/c1-2-7-17-14(13-4-3-8-18-13)11-6-5-10(15)9-12(11)16/h4-6,9,14,17H,2-3,7-8H2,1H3. The summed E-state index contributed by atoms with van der Waals surface area (Å²) in [4.78, 5) is 0. The topological polar surface area (TPSA) is 21.3 Å². The van der Waals surface area contributed by atoms with Gasteiger partial charge in [-0.2, -0.15) is 0 Å². The zero-order valence-corrected chi connectivity index (χ0v) is 10.4. The van der Waals surface area contributed by atoms with Gasteiger partial charge in [0.25, 0.3) is 0 Å². The van der Waals surface area contributed by atoms with E-state index in [9.17, 15) is 8.78 Å². The van der Waals surface area contributed by atoms with Gasteiger partial charge in [0, 0.05) is 18.1 Å². The number of benzene rings is 1. The maximum absolute atomic E-state index is 13.8. The van der Waals surface area contributed by atoms with Crippen molar-refractivity contribution in [3.05, 3.63) is 47.2 Å². The second kappa shape index (κ2) is 5.96. The number of rotatable bonds is 5. The predicted octanol–water partition coefficient (Wildman–Crippen LogP) is 3.31. The molecule has 0 saturated heterocycles. The van der Waals surface area contributed by atoms with E-state index in [1.807, 2.05) is 13.0 Å². The first-order valence-corrected chi connectivity index (χ1v) is 6.23. The Morgan fingerprint density at radius 2 is 2.22 bits per heavy atom. The first kappa shape index (κ1) is 13.0. The molecule has 1 aromatic carbocycles. The minimum absolute atomic E-state index is 0.326. The summed E-state index contributed by atoms with van der Waals surface area (Å²) in [5, 5.41) is 3.23. The molecule has 0 amide bonds. The Kier molecular flexibility index (Phi) is 4.31. The lowest BCUT2D eigenvalue weighted by atomic mass is 10.0. The highest BCUT2D eigenvalue weighted by Crippen LogP contribution is 2.28. The Labute approximate surface area is 106 Å². The van der Waals surface area contributed by atoms with Crippen molar-refractivity contribution < 1.29 is 13.5 Å². The molecule has 2 rings (SSSR count). The summed E-state index contributed by atoms with van der Waals surface area (Å²) in [6.07, 6.45) is 3.73. The summed E-state index contributed by atoms with van der Waals surface area (Å²) in [6, 6.07) is 3.33. The molecule has 1 N–H and O–H groups in total. The molecule has 1 aliphatic heterocycles. The van der Waals surface area contributed by atoms with Gasteiger partial charge in [0.1, 0.15) is 17.4 Å². The van der Waals surface area contributed by atoms with Crippen molar-refractivity contribution in [1.29, 1.82) is 0 Å². The lowest BCUT2D eigenvalue weighted by molar-refractivity contribution is 0.214. The van der Waals surface area contributed by atoms with Gasteiger partial charge in [-0.25, -0.2) is 8.78 Å². The summed E-state index contributed by atoms with van der Waals surface area (Å²) in [7, 11) is 0. The van der Waals surface area contributed by atoms with Crippen LogP contribution >= 0.6 is 0 Å². The van der Waals surface area contributed by atoms with Gasteiger partial charge in [-0.3, -0.25) is 0 Å². The highest BCUT2D eigenvalue weighted by atomic mass is 19.1. The third-order valence-corrected chi connectivity index (χ3v) is 2.89. The first-order chi connectivity index (χ1) is 8.72. The number of halogens is 2. The molecule has 1 atom stereocenters. The SMILES string of the molecule is CCCNC(C1=CCCO1)c1ccc(F)cc1F. The van der Waals surface area contributed by atoms with Gasteiger partial charge in [0.05, 0.1) is 12.6 Å². The monoisotopic (exact) mass is 253 g/mol. The van der Waals surface area contributed by atoms with Crippen LogP contribution in [0.25, 0.3) is 0 Å². The molecule has 98 valence electrons. The van der Waals surface area contributed by atoms with Crippen molar-refractivity contribution in [2.75, 3.05) is 13.2 Å². The number of hydrogen-bond donors (Lipinski definition) is 1. The Morgan fingerprint density at radius 1 is 1.39 bits per heavy atom. The van der Waals surface area contributed by atoms with Gasteiger partial charge < -0.3 is 10.1 Å². The van der Waals surface area contributed by atoms with E-state index in [0.717, 1.165) is 31.2 Å². The molecule has 4 heteroatoms.